The molecule has 2 heterocycles. The number of hydrogen-bond acceptors (Lipinski definition) is 6. The fourth-order valence-corrected chi connectivity index (χ4v) is 6.48. The summed E-state index contributed by atoms with van der Waals surface area (Å²) in [6.45, 7) is 5.81. The SMILES string of the molecule is CC(C)OC1CC=C(c2ncc(-c3cccc4c3CCC4CNC(=O)N3CCC(O)CC3)s2)C=C1C#N. The molecule has 1 fully saturated rings. The molecule has 37 heavy (non-hydrogen) atoms. The standard InChI is InChI=1S/C29H34N4O3S/c1-18(2)36-26-9-7-19(14-21(26)15-30)28-31-17-27(37-28)25-5-3-4-23-20(6-8-24(23)25)16-32-29(35)33-12-10-22(34)11-13-33/h3-5,7,14,17-18,20,22,26,34H,6,8-13,16H2,1-2H3,(H,32,35). The molecule has 3 aliphatic rings. The van der Waals surface area contributed by atoms with Crippen LogP contribution in [0.25, 0.3) is 16.0 Å². The van der Waals surface area contributed by atoms with Crippen LogP contribution in [0, 0.1) is 11.3 Å². The van der Waals surface area contributed by atoms with Crippen LogP contribution >= 0.6 is 11.3 Å². The van der Waals surface area contributed by atoms with E-state index in [9.17, 15) is 15.2 Å². The Hall–Kier alpha value is -2.99. The van der Waals surface area contributed by atoms with Gasteiger partial charge in [-0.1, -0.05) is 24.3 Å². The fraction of sp³-hybridized carbons (Fsp3) is 0.483. The van der Waals surface area contributed by atoms with Gasteiger partial charge >= 0.3 is 6.03 Å². The predicted octanol–water partition coefficient (Wildman–Crippen LogP) is 5.04. The quantitative estimate of drug-likeness (QED) is 0.558. The number of carbonyl (C=O) groups is 1. The number of aromatic nitrogens is 1. The largest absolute Gasteiger partial charge is 0.393 e. The number of piperidine rings is 1. The van der Waals surface area contributed by atoms with E-state index in [1.54, 1.807) is 16.2 Å². The molecule has 0 spiro atoms. The van der Waals surface area contributed by atoms with Gasteiger partial charge in [0.2, 0.25) is 0 Å². The summed E-state index contributed by atoms with van der Waals surface area (Å²) < 4.78 is 5.90. The summed E-state index contributed by atoms with van der Waals surface area (Å²) in [5.74, 6) is 0.293. The van der Waals surface area contributed by atoms with E-state index in [1.165, 1.54) is 16.7 Å². The predicted molar refractivity (Wildman–Crippen MR) is 145 cm³/mol. The molecule has 5 rings (SSSR count). The van der Waals surface area contributed by atoms with Crippen LogP contribution in [0.3, 0.4) is 0 Å². The minimum Gasteiger partial charge on any atom is -0.393 e. The second-order valence-electron chi connectivity index (χ2n) is 10.3. The number of aliphatic hydroxyl groups excluding tert-OH is 1. The van der Waals surface area contributed by atoms with Gasteiger partial charge in [-0.05, 0) is 68.7 Å². The molecular weight excluding hydrogens is 484 g/mol. The lowest BCUT2D eigenvalue weighted by Crippen LogP contribution is -2.46. The molecule has 2 aliphatic carbocycles. The molecule has 0 radical (unpaired) electrons. The van der Waals surface area contributed by atoms with Crippen molar-refractivity contribution in [1.29, 1.82) is 5.26 Å². The summed E-state index contributed by atoms with van der Waals surface area (Å²) in [5, 5.41) is 23.4. The van der Waals surface area contributed by atoms with E-state index in [2.05, 4.69) is 35.7 Å². The third-order valence-electron chi connectivity index (χ3n) is 7.44. The van der Waals surface area contributed by atoms with E-state index in [0.717, 1.165) is 28.3 Å². The summed E-state index contributed by atoms with van der Waals surface area (Å²) >= 11 is 1.65. The molecule has 1 aliphatic heterocycles. The van der Waals surface area contributed by atoms with Crippen molar-refractivity contribution in [3.05, 3.63) is 58.3 Å². The van der Waals surface area contributed by atoms with Crippen LogP contribution in [0.15, 0.2) is 42.1 Å². The van der Waals surface area contributed by atoms with Gasteiger partial charge in [-0.2, -0.15) is 5.26 Å². The monoisotopic (exact) mass is 518 g/mol. The van der Waals surface area contributed by atoms with Gasteiger partial charge in [0.05, 0.1) is 34.8 Å². The Morgan fingerprint density at radius 3 is 2.89 bits per heavy atom. The van der Waals surface area contributed by atoms with Crippen molar-refractivity contribution in [3.8, 4) is 16.5 Å². The average molecular weight is 519 g/mol. The van der Waals surface area contributed by atoms with E-state index in [-0.39, 0.29) is 24.3 Å². The van der Waals surface area contributed by atoms with Crippen molar-refractivity contribution in [2.75, 3.05) is 19.6 Å². The van der Waals surface area contributed by atoms with Crippen LogP contribution in [0.2, 0.25) is 0 Å². The number of aliphatic hydroxyl groups is 1. The molecule has 2 aromatic rings. The van der Waals surface area contributed by atoms with E-state index in [0.29, 0.717) is 50.4 Å². The highest BCUT2D eigenvalue weighted by atomic mass is 32.1. The van der Waals surface area contributed by atoms with Crippen LogP contribution in [0.4, 0.5) is 4.79 Å². The Bertz CT molecular complexity index is 1250. The number of nitrogens with zero attached hydrogens (tertiary/aromatic N) is 3. The molecule has 0 saturated carbocycles. The average Bonchev–Trinajstić information content (AvgIpc) is 3.55. The number of amides is 2. The third-order valence-corrected chi connectivity index (χ3v) is 8.52. The zero-order valence-electron chi connectivity index (χ0n) is 21.4. The van der Waals surface area contributed by atoms with Crippen molar-refractivity contribution in [2.24, 2.45) is 0 Å². The van der Waals surface area contributed by atoms with Crippen molar-refractivity contribution in [2.45, 2.75) is 70.2 Å². The summed E-state index contributed by atoms with van der Waals surface area (Å²) in [4.78, 5) is 20.3. The number of nitrogens with one attached hydrogen (secondary N) is 1. The van der Waals surface area contributed by atoms with Gasteiger partial charge in [0, 0.05) is 37.3 Å². The zero-order chi connectivity index (χ0) is 25.9. The number of fused-ring (bicyclic) bond motifs is 1. The normalized spacial score (nSPS) is 21.9. The minimum absolute atomic E-state index is 0.0322. The first-order chi connectivity index (χ1) is 17.9. The van der Waals surface area contributed by atoms with Gasteiger partial charge in [0.1, 0.15) is 5.01 Å². The van der Waals surface area contributed by atoms with Crippen LogP contribution in [0.1, 0.15) is 61.6 Å². The van der Waals surface area contributed by atoms with Crippen LogP contribution in [-0.2, 0) is 11.2 Å². The highest BCUT2D eigenvalue weighted by Crippen LogP contribution is 2.41. The van der Waals surface area contributed by atoms with Gasteiger partial charge in [-0.3, -0.25) is 0 Å². The fourth-order valence-electron chi connectivity index (χ4n) is 5.50. The maximum Gasteiger partial charge on any atom is 0.317 e. The third kappa shape index (κ3) is 5.64. The summed E-state index contributed by atoms with van der Waals surface area (Å²) in [7, 11) is 0. The van der Waals surface area contributed by atoms with Crippen LogP contribution in [-0.4, -0.2) is 59.0 Å². The maximum atomic E-state index is 12.6. The van der Waals surface area contributed by atoms with Gasteiger partial charge < -0.3 is 20.1 Å². The highest BCUT2D eigenvalue weighted by Gasteiger charge is 2.28. The zero-order valence-corrected chi connectivity index (χ0v) is 22.3. The lowest BCUT2D eigenvalue weighted by molar-refractivity contribution is 0.0327. The molecule has 194 valence electrons. The molecule has 0 bridgehead atoms. The molecule has 7 nitrogen and oxygen atoms in total. The molecule has 2 N–H and O–H groups in total. The second-order valence-corrected chi connectivity index (χ2v) is 11.4. The van der Waals surface area contributed by atoms with Gasteiger partial charge in [-0.25, -0.2) is 9.78 Å². The number of rotatable bonds is 6. The van der Waals surface area contributed by atoms with E-state index >= 15 is 0 Å². The number of benzene rings is 1. The molecule has 8 heteroatoms. The van der Waals surface area contributed by atoms with Crippen LogP contribution in [0.5, 0.6) is 0 Å². The van der Waals surface area contributed by atoms with E-state index < -0.39 is 0 Å². The Kier molecular flexibility index (Phi) is 7.75. The summed E-state index contributed by atoms with van der Waals surface area (Å²) in [6, 6.07) is 8.72. The number of ether oxygens (including phenoxy) is 1. The van der Waals surface area contributed by atoms with E-state index in [1.807, 2.05) is 26.1 Å². The van der Waals surface area contributed by atoms with Crippen LogP contribution < -0.4 is 5.32 Å². The molecule has 1 saturated heterocycles. The molecule has 1 aromatic heterocycles. The summed E-state index contributed by atoms with van der Waals surface area (Å²) in [5.41, 5.74) is 5.49. The number of hydrogen-bond donors (Lipinski definition) is 2. The van der Waals surface area contributed by atoms with Gasteiger partial charge in [0.15, 0.2) is 0 Å². The Morgan fingerprint density at radius 2 is 2.14 bits per heavy atom. The molecule has 2 unspecified atom stereocenters. The number of thiazole rings is 1. The summed E-state index contributed by atoms with van der Waals surface area (Å²) in [6.07, 6.45) is 9.52. The molecule has 1 aromatic carbocycles. The van der Waals surface area contributed by atoms with Crippen molar-refractivity contribution >= 4 is 22.9 Å². The molecule has 2 atom stereocenters. The number of likely N-dealkylation sites (tertiary alicyclic amines) is 1. The maximum absolute atomic E-state index is 12.6. The van der Waals surface area contributed by atoms with E-state index in [4.69, 9.17) is 9.72 Å². The van der Waals surface area contributed by atoms with Gasteiger partial charge in [-0.15, -0.1) is 11.3 Å². The smallest absolute Gasteiger partial charge is 0.317 e. The first-order valence-corrected chi connectivity index (χ1v) is 14.0. The van der Waals surface area contributed by atoms with Crippen molar-refractivity contribution in [1.82, 2.24) is 15.2 Å². The van der Waals surface area contributed by atoms with Gasteiger partial charge in [0.25, 0.3) is 0 Å². The van der Waals surface area contributed by atoms with Crippen molar-refractivity contribution in [3.63, 3.8) is 0 Å². The number of allylic oxidation sites excluding steroid dienone is 2. The van der Waals surface area contributed by atoms with Crippen molar-refractivity contribution < 1.29 is 14.6 Å². The Labute approximate surface area is 222 Å². The second kappa shape index (κ2) is 11.2. The lowest BCUT2D eigenvalue weighted by atomic mass is 9.97. The lowest BCUT2D eigenvalue weighted by Gasteiger charge is -2.30. The number of carbonyl (C=O) groups excluding carboxylic acids is 1. The molecule has 2 amide bonds. The number of urea groups is 1. The highest BCUT2D eigenvalue weighted by molar-refractivity contribution is 7.16. The first kappa shape index (κ1) is 25.7. The minimum atomic E-state index is -0.286. The number of nitriles is 1. The molecular formula is C29H34N4O3S. The Balaban J connectivity index is 1.28. The topological polar surface area (TPSA) is 98.5 Å². The first-order valence-electron chi connectivity index (χ1n) is 13.2. The Morgan fingerprint density at radius 1 is 1.32 bits per heavy atom.